The number of hydrogen-bond donors (Lipinski definition) is 0. The lowest BCUT2D eigenvalue weighted by molar-refractivity contribution is -0.134. The Morgan fingerprint density at radius 1 is 1.00 bits per heavy atom. The summed E-state index contributed by atoms with van der Waals surface area (Å²) in [5, 5.41) is 0. The highest BCUT2D eigenvalue weighted by molar-refractivity contribution is 9.09. The van der Waals surface area contributed by atoms with Gasteiger partial charge in [-0.2, -0.15) is 0 Å². The molecule has 0 N–H and O–H groups in total. The van der Waals surface area contributed by atoms with Crippen LogP contribution in [0, 0.1) is 0 Å². The van der Waals surface area contributed by atoms with E-state index in [0.717, 1.165) is 6.42 Å². The molecular weight excluding hydrogens is 316 g/mol. The van der Waals surface area contributed by atoms with Crippen LogP contribution in [0.3, 0.4) is 0 Å². The number of halogens is 1. The van der Waals surface area contributed by atoms with Crippen LogP contribution < -0.4 is 0 Å². The Morgan fingerprint density at radius 3 is 2.00 bits per heavy atom. The zero-order chi connectivity index (χ0) is 15.1. The molecule has 1 atom stereocenters. The first-order valence-electron chi connectivity index (χ1n) is 8.11. The van der Waals surface area contributed by atoms with Gasteiger partial charge in [-0.15, -0.1) is 0 Å². The van der Waals surface area contributed by atoms with Crippen LogP contribution in [0.15, 0.2) is 12.2 Å². The van der Waals surface area contributed by atoms with Crippen molar-refractivity contribution < 1.29 is 9.53 Å². The van der Waals surface area contributed by atoms with Crippen LogP contribution in [0.1, 0.15) is 77.6 Å². The van der Waals surface area contributed by atoms with E-state index in [1.807, 2.05) is 6.08 Å². The zero-order valence-electron chi connectivity index (χ0n) is 13.2. The topological polar surface area (TPSA) is 26.3 Å². The van der Waals surface area contributed by atoms with Crippen LogP contribution in [0.5, 0.6) is 0 Å². The molecule has 20 heavy (non-hydrogen) atoms. The van der Waals surface area contributed by atoms with Gasteiger partial charge in [0.2, 0.25) is 0 Å². The summed E-state index contributed by atoms with van der Waals surface area (Å²) in [5.41, 5.74) is 0. The fraction of sp³-hybridized carbons (Fsp3) is 0.824. The minimum Gasteiger partial charge on any atom is -0.466 e. The van der Waals surface area contributed by atoms with E-state index in [2.05, 4.69) is 27.6 Å². The first-order chi connectivity index (χ1) is 9.70. The molecule has 3 heteroatoms. The molecule has 0 amide bonds. The Kier molecular flexibility index (Phi) is 14.9. The second-order valence-corrected chi connectivity index (χ2v) is 6.55. The Labute approximate surface area is 133 Å². The predicted molar refractivity (Wildman–Crippen MR) is 90.3 cm³/mol. The Balaban J connectivity index is 3.27. The third-order valence-electron chi connectivity index (χ3n) is 3.48. The van der Waals surface area contributed by atoms with Gasteiger partial charge in [-0.1, -0.05) is 93.1 Å². The first kappa shape index (κ1) is 19.7. The Hall–Kier alpha value is -0.310. The molecule has 1 unspecified atom stereocenters. The molecule has 0 aliphatic carbocycles. The highest BCUT2D eigenvalue weighted by atomic mass is 79.9. The Bertz CT molecular complexity index is 251. The van der Waals surface area contributed by atoms with Crippen molar-refractivity contribution in [3.8, 4) is 0 Å². The van der Waals surface area contributed by atoms with E-state index in [1.54, 1.807) is 0 Å². The summed E-state index contributed by atoms with van der Waals surface area (Å²) < 4.78 is 4.56. The van der Waals surface area contributed by atoms with Gasteiger partial charge >= 0.3 is 5.97 Å². The molecule has 0 fully saturated rings. The third kappa shape index (κ3) is 14.1. The molecule has 0 rings (SSSR count). The lowest BCUT2D eigenvalue weighted by atomic mass is 10.1. The van der Waals surface area contributed by atoms with Crippen LogP contribution in [0.2, 0.25) is 0 Å². The van der Waals surface area contributed by atoms with Crippen molar-refractivity contribution in [2.24, 2.45) is 0 Å². The summed E-state index contributed by atoms with van der Waals surface area (Å²) in [4.78, 5) is 11.2. The van der Waals surface area contributed by atoms with E-state index in [9.17, 15) is 4.79 Å². The maximum atomic E-state index is 10.9. The van der Waals surface area contributed by atoms with Crippen LogP contribution in [-0.2, 0) is 9.53 Å². The van der Waals surface area contributed by atoms with Gasteiger partial charge in [0.25, 0.3) is 0 Å². The lowest BCUT2D eigenvalue weighted by Crippen LogP contribution is -1.98. The van der Waals surface area contributed by atoms with E-state index in [0.29, 0.717) is 0 Å². The number of hydrogen-bond acceptors (Lipinski definition) is 2. The summed E-state index contributed by atoms with van der Waals surface area (Å²) in [6.45, 7) is 2.26. The quantitative estimate of drug-likeness (QED) is 0.182. The number of unbranched alkanes of at least 4 members (excludes halogenated alkanes) is 9. The van der Waals surface area contributed by atoms with Crippen molar-refractivity contribution in [3.05, 3.63) is 12.2 Å². The monoisotopic (exact) mass is 346 g/mol. The maximum absolute atomic E-state index is 10.9. The highest BCUT2D eigenvalue weighted by Crippen LogP contribution is 2.15. The molecule has 118 valence electrons. The summed E-state index contributed by atoms with van der Waals surface area (Å²) in [6.07, 6.45) is 18.0. The lowest BCUT2D eigenvalue weighted by Gasteiger charge is -2.05. The number of esters is 1. The fourth-order valence-electron chi connectivity index (χ4n) is 2.17. The van der Waals surface area contributed by atoms with Crippen LogP contribution >= 0.6 is 15.9 Å². The van der Waals surface area contributed by atoms with Crippen LogP contribution in [0.4, 0.5) is 0 Å². The summed E-state index contributed by atoms with van der Waals surface area (Å²) in [7, 11) is 1.40. The molecular formula is C17H31BrO2. The average Bonchev–Trinajstić information content (AvgIpc) is 2.46. The van der Waals surface area contributed by atoms with Crippen molar-refractivity contribution in [2.45, 2.75) is 82.4 Å². The van der Waals surface area contributed by atoms with Gasteiger partial charge < -0.3 is 4.74 Å². The van der Waals surface area contributed by atoms with Crippen molar-refractivity contribution >= 4 is 21.9 Å². The number of allylic oxidation sites excluding steroid dienone is 1. The van der Waals surface area contributed by atoms with E-state index in [1.165, 1.54) is 77.4 Å². The normalized spacial score (nSPS) is 12.8. The van der Waals surface area contributed by atoms with Gasteiger partial charge in [0.1, 0.15) is 0 Å². The number of rotatable bonds is 13. The first-order valence-corrected chi connectivity index (χ1v) is 9.02. The summed E-state index contributed by atoms with van der Waals surface area (Å²) >= 11 is 3.56. The number of methoxy groups -OCH3 is 1. The summed E-state index contributed by atoms with van der Waals surface area (Å²) in [5.74, 6) is -0.280. The van der Waals surface area contributed by atoms with Crippen molar-refractivity contribution in [3.63, 3.8) is 0 Å². The van der Waals surface area contributed by atoms with E-state index >= 15 is 0 Å². The molecule has 0 saturated carbocycles. The molecule has 2 nitrogen and oxygen atoms in total. The second kappa shape index (κ2) is 15.1. The molecule has 0 saturated heterocycles. The second-order valence-electron chi connectivity index (χ2n) is 5.37. The molecule has 0 aromatic heterocycles. The molecule has 0 aliphatic rings. The van der Waals surface area contributed by atoms with Gasteiger partial charge in [-0.25, -0.2) is 4.79 Å². The zero-order valence-corrected chi connectivity index (χ0v) is 14.8. The smallest absolute Gasteiger partial charge is 0.330 e. The van der Waals surface area contributed by atoms with Gasteiger partial charge in [0, 0.05) is 10.9 Å². The van der Waals surface area contributed by atoms with Gasteiger partial charge in [0.15, 0.2) is 0 Å². The van der Waals surface area contributed by atoms with E-state index < -0.39 is 0 Å². The standard InChI is InChI=1S/C17H31BrO2/c1-3-4-5-6-7-8-9-10-11-12-13-16(18)14-15-17(19)20-2/h14-16H,3-13H2,1-2H3. The fourth-order valence-corrected chi connectivity index (χ4v) is 2.65. The van der Waals surface area contributed by atoms with Crippen LogP contribution in [0.25, 0.3) is 0 Å². The molecule has 0 radical (unpaired) electrons. The van der Waals surface area contributed by atoms with E-state index in [4.69, 9.17) is 0 Å². The van der Waals surface area contributed by atoms with Crippen LogP contribution in [-0.4, -0.2) is 17.9 Å². The van der Waals surface area contributed by atoms with Crippen molar-refractivity contribution in [2.75, 3.05) is 7.11 Å². The molecule has 0 aliphatic heterocycles. The molecule has 0 heterocycles. The van der Waals surface area contributed by atoms with Gasteiger partial charge in [-0.3, -0.25) is 0 Å². The van der Waals surface area contributed by atoms with Gasteiger partial charge in [-0.05, 0) is 6.42 Å². The van der Waals surface area contributed by atoms with Crippen molar-refractivity contribution in [1.29, 1.82) is 0 Å². The maximum Gasteiger partial charge on any atom is 0.330 e. The number of carbonyl (C=O) groups excluding carboxylic acids is 1. The summed E-state index contributed by atoms with van der Waals surface area (Å²) in [6, 6.07) is 0. The largest absolute Gasteiger partial charge is 0.466 e. The SMILES string of the molecule is CCCCCCCCCCCCC(Br)C=CC(=O)OC. The van der Waals surface area contributed by atoms with E-state index in [-0.39, 0.29) is 10.8 Å². The number of alkyl halides is 1. The molecule has 0 aromatic rings. The predicted octanol–water partition coefficient (Wildman–Crippen LogP) is 5.79. The minimum absolute atomic E-state index is 0.280. The minimum atomic E-state index is -0.280. The van der Waals surface area contributed by atoms with Crippen molar-refractivity contribution in [1.82, 2.24) is 0 Å². The van der Waals surface area contributed by atoms with Gasteiger partial charge in [0.05, 0.1) is 7.11 Å². The molecule has 0 bridgehead atoms. The Morgan fingerprint density at radius 2 is 1.50 bits per heavy atom. The third-order valence-corrected chi connectivity index (χ3v) is 4.24. The number of carbonyl (C=O) groups is 1. The number of ether oxygens (including phenoxy) is 1. The average molecular weight is 347 g/mol. The highest BCUT2D eigenvalue weighted by Gasteiger charge is 2.01. The molecule has 0 aromatic carbocycles. The molecule has 0 spiro atoms.